The number of benzene rings is 1. The molecule has 1 aromatic rings. The van der Waals surface area contributed by atoms with Gasteiger partial charge in [0.2, 0.25) is 0 Å². The van der Waals surface area contributed by atoms with Crippen molar-refractivity contribution in [1.82, 2.24) is 10.2 Å². The highest BCUT2D eigenvalue weighted by Crippen LogP contribution is 2.22. The molecule has 0 spiro atoms. The van der Waals surface area contributed by atoms with Crippen LogP contribution in [-0.4, -0.2) is 57.8 Å². The Morgan fingerprint density at radius 2 is 2.19 bits per heavy atom. The number of nitrogens with one attached hydrogen (secondary N) is 2. The van der Waals surface area contributed by atoms with Crippen LogP contribution in [0.4, 0.5) is 5.69 Å². The molecular formula is C15H24ClN3O2. The van der Waals surface area contributed by atoms with E-state index in [0.29, 0.717) is 19.8 Å². The van der Waals surface area contributed by atoms with E-state index in [2.05, 4.69) is 15.5 Å². The Kier molecular flexibility index (Phi) is 7.50. The van der Waals surface area contributed by atoms with Crippen LogP contribution in [0.15, 0.2) is 18.2 Å². The molecule has 0 aliphatic carbocycles. The summed E-state index contributed by atoms with van der Waals surface area (Å²) in [5.74, 6) is -0.0316. The van der Waals surface area contributed by atoms with Gasteiger partial charge in [-0.3, -0.25) is 4.79 Å². The highest BCUT2D eigenvalue weighted by molar-refractivity contribution is 5.95. The van der Waals surface area contributed by atoms with E-state index < -0.39 is 0 Å². The Hall–Kier alpha value is -1.30. The number of rotatable bonds is 7. The summed E-state index contributed by atoms with van der Waals surface area (Å²) in [6, 6.07) is 5.81. The van der Waals surface area contributed by atoms with Gasteiger partial charge >= 0.3 is 0 Å². The molecule has 0 unspecified atom stereocenters. The number of halogens is 1. The normalized spacial score (nSPS) is 12.5. The van der Waals surface area contributed by atoms with Crippen molar-refractivity contribution in [2.45, 2.75) is 6.42 Å². The monoisotopic (exact) mass is 313 g/mol. The molecule has 1 aliphatic rings. The number of amides is 1. The zero-order valence-corrected chi connectivity index (χ0v) is 13.5. The maximum atomic E-state index is 12.0. The number of carbonyl (C=O) groups is 1. The molecule has 1 heterocycles. The molecule has 118 valence electrons. The Morgan fingerprint density at radius 3 is 2.95 bits per heavy atom. The molecule has 1 aliphatic heterocycles. The first-order valence-electron chi connectivity index (χ1n) is 7.04. The van der Waals surface area contributed by atoms with Gasteiger partial charge in [-0.05, 0) is 44.3 Å². The van der Waals surface area contributed by atoms with Crippen molar-refractivity contribution in [2.24, 2.45) is 0 Å². The highest BCUT2D eigenvalue weighted by Gasteiger charge is 2.12. The largest absolute Gasteiger partial charge is 0.384 e. The molecule has 0 radical (unpaired) electrons. The summed E-state index contributed by atoms with van der Waals surface area (Å²) >= 11 is 0. The zero-order valence-electron chi connectivity index (χ0n) is 12.6. The van der Waals surface area contributed by atoms with Gasteiger partial charge in [-0.2, -0.15) is 0 Å². The third-order valence-corrected chi connectivity index (χ3v) is 3.29. The van der Waals surface area contributed by atoms with E-state index in [4.69, 9.17) is 4.74 Å². The van der Waals surface area contributed by atoms with Gasteiger partial charge in [0, 0.05) is 30.9 Å². The molecule has 0 atom stereocenters. The molecule has 2 N–H and O–H groups in total. The summed E-state index contributed by atoms with van der Waals surface area (Å²) in [6.07, 6.45) is 0.990. The molecule has 1 amide bonds. The molecular weight excluding hydrogens is 290 g/mol. The van der Waals surface area contributed by atoms with Crippen molar-refractivity contribution in [3.05, 3.63) is 29.3 Å². The number of hydrogen-bond donors (Lipinski definition) is 2. The minimum absolute atomic E-state index is 0. The van der Waals surface area contributed by atoms with Gasteiger partial charge in [0.25, 0.3) is 5.91 Å². The zero-order chi connectivity index (χ0) is 14.4. The number of fused-ring (bicyclic) bond motifs is 1. The summed E-state index contributed by atoms with van der Waals surface area (Å²) in [6.45, 7) is 3.63. The lowest BCUT2D eigenvalue weighted by Gasteiger charge is -2.10. The molecule has 21 heavy (non-hydrogen) atoms. The van der Waals surface area contributed by atoms with Crippen LogP contribution in [0.3, 0.4) is 0 Å². The fraction of sp³-hybridized carbons (Fsp3) is 0.533. The van der Waals surface area contributed by atoms with Crippen LogP contribution in [0.5, 0.6) is 0 Å². The van der Waals surface area contributed by atoms with Crippen LogP contribution in [0, 0.1) is 0 Å². The minimum Gasteiger partial charge on any atom is -0.384 e. The Bertz CT molecular complexity index is 466. The second-order valence-electron chi connectivity index (χ2n) is 5.22. The summed E-state index contributed by atoms with van der Waals surface area (Å²) in [7, 11) is 4.02. The van der Waals surface area contributed by atoms with Crippen molar-refractivity contribution >= 4 is 24.0 Å². The molecule has 0 bridgehead atoms. The summed E-state index contributed by atoms with van der Waals surface area (Å²) in [4.78, 5) is 14.1. The Morgan fingerprint density at radius 1 is 1.38 bits per heavy atom. The topological polar surface area (TPSA) is 53.6 Å². The standard InChI is InChI=1S/C15H23N3O2.ClH/c1-18(2)8-10-20-9-7-17-15(19)13-3-4-14-12(11-13)5-6-16-14;/h3-4,11,16H,5-10H2,1-2H3,(H,17,19);1H. The van der Waals surface area contributed by atoms with Gasteiger partial charge in [0.05, 0.1) is 13.2 Å². The van der Waals surface area contributed by atoms with Crippen molar-refractivity contribution in [2.75, 3.05) is 52.3 Å². The summed E-state index contributed by atoms with van der Waals surface area (Å²) in [5, 5.41) is 6.17. The number of ether oxygens (including phenoxy) is 1. The van der Waals surface area contributed by atoms with Gasteiger partial charge in [0.15, 0.2) is 0 Å². The SMILES string of the molecule is CN(C)CCOCCNC(=O)c1ccc2c(c1)CCN2.Cl. The number of hydrogen-bond acceptors (Lipinski definition) is 4. The van der Waals surface area contributed by atoms with Gasteiger partial charge in [0.1, 0.15) is 0 Å². The third kappa shape index (κ3) is 5.53. The van der Waals surface area contributed by atoms with E-state index in [0.717, 1.165) is 30.8 Å². The first kappa shape index (κ1) is 17.8. The van der Waals surface area contributed by atoms with Crippen LogP contribution in [-0.2, 0) is 11.2 Å². The maximum absolute atomic E-state index is 12.0. The van der Waals surface area contributed by atoms with Crippen molar-refractivity contribution in [3.8, 4) is 0 Å². The van der Waals surface area contributed by atoms with Crippen LogP contribution >= 0.6 is 12.4 Å². The van der Waals surface area contributed by atoms with Crippen molar-refractivity contribution in [1.29, 1.82) is 0 Å². The van der Waals surface area contributed by atoms with Gasteiger partial charge < -0.3 is 20.3 Å². The number of likely N-dealkylation sites (N-methyl/N-ethyl adjacent to an activating group) is 1. The average Bonchev–Trinajstić information content (AvgIpc) is 2.89. The molecule has 0 saturated carbocycles. The lowest BCUT2D eigenvalue weighted by molar-refractivity contribution is 0.0900. The van der Waals surface area contributed by atoms with Gasteiger partial charge in [-0.25, -0.2) is 0 Å². The molecule has 2 rings (SSSR count). The van der Waals surface area contributed by atoms with Crippen molar-refractivity contribution in [3.63, 3.8) is 0 Å². The highest BCUT2D eigenvalue weighted by atomic mass is 35.5. The first-order valence-corrected chi connectivity index (χ1v) is 7.04. The van der Waals surface area contributed by atoms with E-state index in [-0.39, 0.29) is 18.3 Å². The second-order valence-corrected chi connectivity index (χ2v) is 5.22. The van der Waals surface area contributed by atoms with E-state index in [1.165, 1.54) is 5.56 Å². The third-order valence-electron chi connectivity index (χ3n) is 3.29. The second kappa shape index (κ2) is 8.87. The average molecular weight is 314 g/mol. The maximum Gasteiger partial charge on any atom is 0.251 e. The van der Waals surface area contributed by atoms with Crippen LogP contribution in [0.25, 0.3) is 0 Å². The number of anilines is 1. The molecule has 6 heteroatoms. The Labute approximate surface area is 132 Å². The van der Waals surface area contributed by atoms with E-state index in [1.54, 1.807) is 0 Å². The van der Waals surface area contributed by atoms with Crippen LogP contribution < -0.4 is 10.6 Å². The predicted molar refractivity (Wildman–Crippen MR) is 87.6 cm³/mol. The summed E-state index contributed by atoms with van der Waals surface area (Å²) in [5.41, 5.74) is 3.09. The molecule has 0 fully saturated rings. The Balaban J connectivity index is 0.00000220. The number of nitrogens with zero attached hydrogens (tertiary/aromatic N) is 1. The first-order chi connectivity index (χ1) is 9.66. The molecule has 1 aromatic carbocycles. The fourth-order valence-corrected chi connectivity index (χ4v) is 2.13. The molecule has 0 aromatic heterocycles. The smallest absolute Gasteiger partial charge is 0.251 e. The van der Waals surface area contributed by atoms with E-state index >= 15 is 0 Å². The van der Waals surface area contributed by atoms with Crippen LogP contribution in [0.1, 0.15) is 15.9 Å². The quantitative estimate of drug-likeness (QED) is 0.747. The van der Waals surface area contributed by atoms with Gasteiger partial charge in [-0.1, -0.05) is 0 Å². The summed E-state index contributed by atoms with van der Waals surface area (Å²) < 4.78 is 5.44. The lowest BCUT2D eigenvalue weighted by atomic mass is 10.1. The fourth-order valence-electron chi connectivity index (χ4n) is 2.13. The minimum atomic E-state index is -0.0316. The predicted octanol–water partition coefficient (Wildman–Crippen LogP) is 1.38. The lowest BCUT2D eigenvalue weighted by Crippen LogP contribution is -2.28. The van der Waals surface area contributed by atoms with Crippen LogP contribution in [0.2, 0.25) is 0 Å². The van der Waals surface area contributed by atoms with Gasteiger partial charge in [-0.15, -0.1) is 12.4 Å². The van der Waals surface area contributed by atoms with E-state index in [9.17, 15) is 4.79 Å². The van der Waals surface area contributed by atoms with Crippen molar-refractivity contribution < 1.29 is 9.53 Å². The number of carbonyl (C=O) groups excluding carboxylic acids is 1. The molecule has 0 saturated heterocycles. The molecule has 5 nitrogen and oxygen atoms in total. The van der Waals surface area contributed by atoms with E-state index in [1.807, 2.05) is 32.3 Å².